The van der Waals surface area contributed by atoms with Crippen molar-refractivity contribution >= 4 is 11.0 Å². The van der Waals surface area contributed by atoms with Crippen molar-refractivity contribution in [3.63, 3.8) is 0 Å². The van der Waals surface area contributed by atoms with E-state index in [1.165, 1.54) is 0 Å². The second-order valence-electron chi connectivity index (χ2n) is 3.99. The van der Waals surface area contributed by atoms with Crippen LogP contribution < -0.4 is 5.73 Å². The van der Waals surface area contributed by atoms with E-state index < -0.39 is 0 Å². The van der Waals surface area contributed by atoms with Gasteiger partial charge in [0.05, 0.1) is 11.0 Å². The van der Waals surface area contributed by atoms with Gasteiger partial charge < -0.3 is 10.3 Å². The molecule has 0 amide bonds. The monoisotopic (exact) mass is 227 g/mol. The molecule has 0 atom stereocenters. The number of aryl methyl sites for hydroxylation is 1. The Morgan fingerprint density at radius 1 is 1.35 bits per heavy atom. The predicted octanol–water partition coefficient (Wildman–Crippen LogP) is 1.42. The maximum absolute atomic E-state index is 5.63. The highest BCUT2D eigenvalue weighted by Crippen LogP contribution is 2.22. The van der Waals surface area contributed by atoms with Crippen molar-refractivity contribution in [2.24, 2.45) is 12.8 Å². The van der Waals surface area contributed by atoms with Gasteiger partial charge in [-0.3, -0.25) is 5.10 Å². The number of aromatic nitrogens is 4. The van der Waals surface area contributed by atoms with Crippen molar-refractivity contribution in [3.8, 4) is 11.5 Å². The minimum absolute atomic E-state index is 0.534. The average Bonchev–Trinajstić information content (AvgIpc) is 2.97. The number of hydrogen-bond donors (Lipinski definition) is 2. The van der Waals surface area contributed by atoms with Crippen LogP contribution in [0.25, 0.3) is 22.6 Å². The number of benzene rings is 1. The molecule has 17 heavy (non-hydrogen) atoms. The van der Waals surface area contributed by atoms with E-state index in [1.807, 2.05) is 35.9 Å². The highest BCUT2D eigenvalue weighted by atomic mass is 15.1. The van der Waals surface area contributed by atoms with Crippen molar-refractivity contribution in [2.45, 2.75) is 6.54 Å². The van der Waals surface area contributed by atoms with Gasteiger partial charge in [0.15, 0.2) is 5.82 Å². The SMILES string of the molecule is Cn1c(-c2ccn[nH]2)nc2cc(CN)ccc21. The van der Waals surface area contributed by atoms with Crippen molar-refractivity contribution in [1.29, 1.82) is 0 Å². The molecule has 0 aliphatic heterocycles. The fourth-order valence-corrected chi connectivity index (χ4v) is 1.99. The topological polar surface area (TPSA) is 72.5 Å². The molecule has 2 heterocycles. The van der Waals surface area contributed by atoms with Gasteiger partial charge in [0.25, 0.3) is 0 Å². The second kappa shape index (κ2) is 3.71. The Labute approximate surface area is 98.3 Å². The van der Waals surface area contributed by atoms with Gasteiger partial charge in [-0.2, -0.15) is 5.10 Å². The molecule has 3 aromatic rings. The van der Waals surface area contributed by atoms with Gasteiger partial charge in [0.1, 0.15) is 5.69 Å². The normalized spacial score (nSPS) is 11.2. The van der Waals surface area contributed by atoms with Crippen LogP contribution in [0.15, 0.2) is 30.5 Å². The number of H-pyrrole nitrogens is 1. The van der Waals surface area contributed by atoms with Crippen LogP contribution in [-0.4, -0.2) is 19.7 Å². The summed E-state index contributed by atoms with van der Waals surface area (Å²) < 4.78 is 2.04. The summed E-state index contributed by atoms with van der Waals surface area (Å²) in [6.07, 6.45) is 1.72. The van der Waals surface area contributed by atoms with E-state index in [9.17, 15) is 0 Å². The third kappa shape index (κ3) is 1.52. The molecular formula is C12H13N5. The summed E-state index contributed by atoms with van der Waals surface area (Å²) in [5, 5.41) is 6.87. The van der Waals surface area contributed by atoms with E-state index in [-0.39, 0.29) is 0 Å². The number of imidazole rings is 1. The summed E-state index contributed by atoms with van der Waals surface area (Å²) in [5.74, 6) is 0.881. The van der Waals surface area contributed by atoms with Gasteiger partial charge in [0, 0.05) is 19.8 Å². The number of nitrogens with one attached hydrogen (secondary N) is 1. The molecule has 0 saturated heterocycles. The Morgan fingerprint density at radius 2 is 2.24 bits per heavy atom. The molecule has 1 aromatic carbocycles. The third-order valence-corrected chi connectivity index (χ3v) is 2.92. The average molecular weight is 227 g/mol. The molecule has 5 heteroatoms. The summed E-state index contributed by atoms with van der Waals surface area (Å²) in [4.78, 5) is 4.60. The lowest BCUT2D eigenvalue weighted by Gasteiger charge is -1.99. The Hall–Kier alpha value is -2.14. The number of nitrogens with two attached hydrogens (primary N) is 1. The second-order valence-corrected chi connectivity index (χ2v) is 3.99. The van der Waals surface area contributed by atoms with Crippen molar-refractivity contribution in [3.05, 3.63) is 36.0 Å². The Kier molecular flexibility index (Phi) is 2.19. The third-order valence-electron chi connectivity index (χ3n) is 2.92. The molecule has 0 radical (unpaired) electrons. The van der Waals surface area contributed by atoms with Gasteiger partial charge in [0.2, 0.25) is 0 Å². The molecule has 3 N–H and O–H groups in total. The molecule has 0 fully saturated rings. The number of nitrogens with zero attached hydrogens (tertiary/aromatic N) is 3. The zero-order chi connectivity index (χ0) is 11.8. The first-order valence-corrected chi connectivity index (χ1v) is 5.45. The molecule has 3 rings (SSSR count). The predicted molar refractivity (Wildman–Crippen MR) is 66.2 cm³/mol. The smallest absolute Gasteiger partial charge is 0.158 e. The van der Waals surface area contributed by atoms with E-state index in [4.69, 9.17) is 5.73 Å². The zero-order valence-corrected chi connectivity index (χ0v) is 9.51. The number of rotatable bonds is 2. The minimum Gasteiger partial charge on any atom is -0.326 e. The van der Waals surface area contributed by atoms with Crippen LogP contribution in [0.5, 0.6) is 0 Å². The zero-order valence-electron chi connectivity index (χ0n) is 9.51. The van der Waals surface area contributed by atoms with Crippen LogP contribution in [-0.2, 0) is 13.6 Å². The Bertz CT molecular complexity index is 651. The lowest BCUT2D eigenvalue weighted by Crippen LogP contribution is -1.95. The van der Waals surface area contributed by atoms with Crippen LogP contribution in [0.4, 0.5) is 0 Å². The number of hydrogen-bond acceptors (Lipinski definition) is 3. The van der Waals surface area contributed by atoms with E-state index in [0.29, 0.717) is 6.54 Å². The van der Waals surface area contributed by atoms with Crippen LogP contribution in [0.2, 0.25) is 0 Å². The molecular weight excluding hydrogens is 214 g/mol. The molecule has 86 valence electrons. The van der Waals surface area contributed by atoms with Crippen LogP contribution in [0.3, 0.4) is 0 Å². The van der Waals surface area contributed by atoms with Crippen LogP contribution in [0, 0.1) is 0 Å². The molecule has 0 aliphatic rings. The highest BCUT2D eigenvalue weighted by molar-refractivity contribution is 5.80. The molecule has 2 aromatic heterocycles. The lowest BCUT2D eigenvalue weighted by atomic mass is 10.2. The first-order chi connectivity index (χ1) is 8.29. The van der Waals surface area contributed by atoms with E-state index in [1.54, 1.807) is 6.20 Å². The summed E-state index contributed by atoms with van der Waals surface area (Å²) in [7, 11) is 1.99. The maximum Gasteiger partial charge on any atom is 0.158 e. The molecule has 5 nitrogen and oxygen atoms in total. The molecule has 0 aliphatic carbocycles. The summed E-state index contributed by atoms with van der Waals surface area (Å²) in [6.45, 7) is 0.534. The van der Waals surface area contributed by atoms with Gasteiger partial charge in [-0.15, -0.1) is 0 Å². The molecule has 0 spiro atoms. The summed E-state index contributed by atoms with van der Waals surface area (Å²) in [6, 6.07) is 8.01. The van der Waals surface area contributed by atoms with Gasteiger partial charge in [-0.05, 0) is 23.8 Å². The van der Waals surface area contributed by atoms with Crippen molar-refractivity contribution < 1.29 is 0 Å². The van der Waals surface area contributed by atoms with Crippen LogP contribution in [0.1, 0.15) is 5.56 Å². The molecule has 0 bridgehead atoms. The Morgan fingerprint density at radius 3 is 2.94 bits per heavy atom. The minimum atomic E-state index is 0.534. The number of fused-ring (bicyclic) bond motifs is 1. The first-order valence-electron chi connectivity index (χ1n) is 5.45. The number of aromatic amines is 1. The standard InChI is InChI=1S/C12H13N5/c1-17-11-3-2-8(7-13)6-10(11)15-12(17)9-4-5-14-16-9/h2-6H,7,13H2,1H3,(H,14,16). The van der Waals surface area contributed by atoms with Crippen molar-refractivity contribution in [1.82, 2.24) is 19.7 Å². The van der Waals surface area contributed by atoms with Gasteiger partial charge in [-0.25, -0.2) is 4.98 Å². The van der Waals surface area contributed by atoms with Crippen molar-refractivity contribution in [2.75, 3.05) is 0 Å². The van der Waals surface area contributed by atoms with E-state index in [2.05, 4.69) is 15.2 Å². The fraction of sp³-hybridized carbons (Fsp3) is 0.167. The summed E-state index contributed by atoms with van der Waals surface area (Å²) in [5.41, 5.74) is 9.68. The fourth-order valence-electron chi connectivity index (χ4n) is 1.99. The molecule has 0 saturated carbocycles. The highest BCUT2D eigenvalue weighted by Gasteiger charge is 2.10. The van der Waals surface area contributed by atoms with E-state index in [0.717, 1.165) is 28.1 Å². The first kappa shape index (κ1) is 10.0. The maximum atomic E-state index is 5.63. The van der Waals surface area contributed by atoms with E-state index >= 15 is 0 Å². The summed E-state index contributed by atoms with van der Waals surface area (Å²) >= 11 is 0. The van der Waals surface area contributed by atoms with Crippen LogP contribution >= 0.6 is 0 Å². The van der Waals surface area contributed by atoms with Gasteiger partial charge >= 0.3 is 0 Å². The quantitative estimate of drug-likeness (QED) is 0.695. The molecule has 0 unspecified atom stereocenters. The lowest BCUT2D eigenvalue weighted by molar-refractivity contribution is 0.943. The van der Waals surface area contributed by atoms with Gasteiger partial charge in [-0.1, -0.05) is 6.07 Å². The Balaban J connectivity index is 2.24. The largest absolute Gasteiger partial charge is 0.326 e.